The van der Waals surface area contributed by atoms with E-state index in [4.69, 9.17) is 0 Å². The van der Waals surface area contributed by atoms with Gasteiger partial charge in [0.1, 0.15) is 0 Å². The van der Waals surface area contributed by atoms with E-state index in [1.165, 1.54) is 5.56 Å². The standard InChI is InChI=1S/C15H15Br2NO2S/c1-2-11-3-5-12(6-4-11)10-18-21(19,20)15-8-7-13(16)9-14(15)17/h3-9,18H,2,10H2,1H3. The first kappa shape index (κ1) is 16.7. The lowest BCUT2D eigenvalue weighted by molar-refractivity contribution is 0.581. The van der Waals surface area contributed by atoms with E-state index < -0.39 is 10.0 Å². The first-order chi connectivity index (χ1) is 9.92. The van der Waals surface area contributed by atoms with Crippen LogP contribution in [0.25, 0.3) is 0 Å². The van der Waals surface area contributed by atoms with Crippen LogP contribution >= 0.6 is 31.9 Å². The predicted octanol–water partition coefficient (Wildman–Crippen LogP) is 4.25. The van der Waals surface area contributed by atoms with E-state index >= 15 is 0 Å². The fourth-order valence-corrected chi connectivity index (χ4v) is 4.60. The Morgan fingerprint density at radius 1 is 1.00 bits per heavy atom. The van der Waals surface area contributed by atoms with Crippen molar-refractivity contribution in [3.63, 3.8) is 0 Å². The molecule has 0 spiro atoms. The molecule has 0 bridgehead atoms. The largest absolute Gasteiger partial charge is 0.241 e. The molecule has 0 radical (unpaired) electrons. The van der Waals surface area contributed by atoms with Crippen molar-refractivity contribution in [2.45, 2.75) is 24.8 Å². The topological polar surface area (TPSA) is 46.2 Å². The molecule has 0 heterocycles. The SMILES string of the molecule is CCc1ccc(CNS(=O)(=O)c2ccc(Br)cc2Br)cc1. The highest BCUT2D eigenvalue weighted by Gasteiger charge is 2.17. The van der Waals surface area contributed by atoms with Gasteiger partial charge in [-0.3, -0.25) is 0 Å². The molecule has 1 N–H and O–H groups in total. The maximum Gasteiger partial charge on any atom is 0.241 e. The van der Waals surface area contributed by atoms with Crippen molar-refractivity contribution in [3.05, 3.63) is 62.5 Å². The van der Waals surface area contributed by atoms with Crippen LogP contribution in [0.4, 0.5) is 0 Å². The molecule has 0 atom stereocenters. The highest BCUT2D eigenvalue weighted by molar-refractivity contribution is 9.11. The summed E-state index contributed by atoms with van der Waals surface area (Å²) in [5, 5.41) is 0. The van der Waals surface area contributed by atoms with Crippen LogP contribution in [-0.4, -0.2) is 8.42 Å². The molecule has 0 aliphatic heterocycles. The van der Waals surface area contributed by atoms with Gasteiger partial charge in [-0.25, -0.2) is 13.1 Å². The normalized spacial score (nSPS) is 11.6. The van der Waals surface area contributed by atoms with Crippen LogP contribution in [0.15, 0.2) is 56.3 Å². The van der Waals surface area contributed by atoms with Gasteiger partial charge in [0.2, 0.25) is 10.0 Å². The van der Waals surface area contributed by atoms with Gasteiger partial charge in [-0.1, -0.05) is 47.1 Å². The molecule has 0 saturated heterocycles. The maximum absolute atomic E-state index is 12.3. The summed E-state index contributed by atoms with van der Waals surface area (Å²) in [4.78, 5) is 0.232. The Hall–Kier alpha value is -0.690. The van der Waals surface area contributed by atoms with E-state index in [9.17, 15) is 8.42 Å². The molecule has 0 aromatic heterocycles. The smallest absolute Gasteiger partial charge is 0.207 e. The lowest BCUT2D eigenvalue weighted by atomic mass is 10.1. The fraction of sp³-hybridized carbons (Fsp3) is 0.200. The number of rotatable bonds is 5. The third kappa shape index (κ3) is 4.39. The van der Waals surface area contributed by atoms with E-state index in [1.54, 1.807) is 18.2 Å². The van der Waals surface area contributed by atoms with E-state index in [-0.39, 0.29) is 11.4 Å². The molecular weight excluding hydrogens is 418 g/mol. The van der Waals surface area contributed by atoms with Gasteiger partial charge in [-0.05, 0) is 51.7 Å². The van der Waals surface area contributed by atoms with Crippen molar-refractivity contribution >= 4 is 41.9 Å². The van der Waals surface area contributed by atoms with E-state index in [2.05, 4.69) is 43.5 Å². The minimum atomic E-state index is -3.54. The summed E-state index contributed by atoms with van der Waals surface area (Å²) in [6.45, 7) is 2.36. The Morgan fingerprint density at radius 2 is 1.62 bits per heavy atom. The van der Waals surface area contributed by atoms with Crippen LogP contribution in [-0.2, 0) is 23.0 Å². The number of nitrogens with one attached hydrogen (secondary N) is 1. The molecule has 2 aromatic rings. The van der Waals surface area contributed by atoms with Gasteiger partial charge >= 0.3 is 0 Å². The zero-order valence-corrected chi connectivity index (χ0v) is 15.4. The van der Waals surface area contributed by atoms with Crippen LogP contribution in [0, 0.1) is 0 Å². The average Bonchev–Trinajstić information content (AvgIpc) is 2.45. The van der Waals surface area contributed by atoms with Crippen molar-refractivity contribution in [2.75, 3.05) is 0 Å². The van der Waals surface area contributed by atoms with Crippen molar-refractivity contribution < 1.29 is 8.42 Å². The second-order valence-corrected chi connectivity index (χ2v) is 8.07. The van der Waals surface area contributed by atoms with Gasteiger partial charge in [0.15, 0.2) is 0 Å². The molecule has 0 aliphatic rings. The second kappa shape index (κ2) is 7.05. The maximum atomic E-state index is 12.3. The van der Waals surface area contributed by atoms with Gasteiger partial charge in [0, 0.05) is 15.5 Å². The van der Waals surface area contributed by atoms with Crippen LogP contribution in [0.3, 0.4) is 0 Å². The highest BCUT2D eigenvalue weighted by Crippen LogP contribution is 2.25. The van der Waals surface area contributed by atoms with Gasteiger partial charge in [-0.2, -0.15) is 0 Å². The summed E-state index contributed by atoms with van der Waals surface area (Å²) in [7, 11) is -3.54. The first-order valence-electron chi connectivity index (χ1n) is 6.45. The number of benzene rings is 2. The molecule has 6 heteroatoms. The fourth-order valence-electron chi connectivity index (χ4n) is 1.84. The Bertz CT molecular complexity index is 728. The zero-order chi connectivity index (χ0) is 15.5. The monoisotopic (exact) mass is 431 g/mol. The summed E-state index contributed by atoms with van der Waals surface area (Å²) in [6, 6.07) is 12.9. The number of sulfonamides is 1. The third-order valence-electron chi connectivity index (χ3n) is 3.08. The van der Waals surface area contributed by atoms with Crippen LogP contribution in [0.2, 0.25) is 0 Å². The van der Waals surface area contributed by atoms with E-state index in [0.29, 0.717) is 4.47 Å². The molecule has 2 aromatic carbocycles. The predicted molar refractivity (Wildman–Crippen MR) is 91.7 cm³/mol. The summed E-state index contributed by atoms with van der Waals surface area (Å²) in [6.07, 6.45) is 0.970. The van der Waals surface area contributed by atoms with Crippen LogP contribution in [0.1, 0.15) is 18.1 Å². The minimum Gasteiger partial charge on any atom is -0.207 e. The summed E-state index contributed by atoms with van der Waals surface area (Å²) < 4.78 is 28.6. The Labute approximate surface area is 142 Å². The van der Waals surface area contributed by atoms with Gasteiger partial charge in [0.05, 0.1) is 4.90 Å². The molecule has 112 valence electrons. The lowest BCUT2D eigenvalue weighted by Gasteiger charge is -2.09. The summed E-state index contributed by atoms with van der Waals surface area (Å²) >= 11 is 6.59. The van der Waals surface area contributed by atoms with Gasteiger partial charge < -0.3 is 0 Å². The molecule has 2 rings (SSSR count). The van der Waals surface area contributed by atoms with Crippen molar-refractivity contribution in [2.24, 2.45) is 0 Å². The quantitative estimate of drug-likeness (QED) is 0.767. The highest BCUT2D eigenvalue weighted by atomic mass is 79.9. The Balaban J connectivity index is 2.13. The molecule has 3 nitrogen and oxygen atoms in total. The van der Waals surface area contributed by atoms with E-state index in [1.807, 2.05) is 24.3 Å². The number of hydrogen-bond donors (Lipinski definition) is 1. The molecule has 21 heavy (non-hydrogen) atoms. The number of halogens is 2. The Kier molecular flexibility index (Phi) is 5.60. The molecule has 0 aliphatic carbocycles. The van der Waals surface area contributed by atoms with Gasteiger partial charge in [-0.15, -0.1) is 0 Å². The number of hydrogen-bond acceptors (Lipinski definition) is 2. The molecule has 0 amide bonds. The average molecular weight is 433 g/mol. The lowest BCUT2D eigenvalue weighted by Crippen LogP contribution is -2.23. The van der Waals surface area contributed by atoms with Crippen molar-refractivity contribution in [1.82, 2.24) is 4.72 Å². The molecular formula is C15H15Br2NO2S. The number of aryl methyl sites for hydroxylation is 1. The summed E-state index contributed by atoms with van der Waals surface area (Å²) in [5.41, 5.74) is 2.17. The zero-order valence-electron chi connectivity index (χ0n) is 11.4. The first-order valence-corrected chi connectivity index (χ1v) is 9.52. The third-order valence-corrected chi connectivity index (χ3v) is 5.95. The van der Waals surface area contributed by atoms with E-state index in [0.717, 1.165) is 16.5 Å². The van der Waals surface area contributed by atoms with Crippen molar-refractivity contribution in [1.29, 1.82) is 0 Å². The second-order valence-electron chi connectivity index (χ2n) is 4.57. The molecule has 0 fully saturated rings. The van der Waals surface area contributed by atoms with Crippen LogP contribution in [0.5, 0.6) is 0 Å². The van der Waals surface area contributed by atoms with Crippen molar-refractivity contribution in [3.8, 4) is 0 Å². The summed E-state index contributed by atoms with van der Waals surface area (Å²) in [5.74, 6) is 0. The van der Waals surface area contributed by atoms with Crippen LogP contribution < -0.4 is 4.72 Å². The molecule has 0 unspecified atom stereocenters. The minimum absolute atomic E-state index is 0.232. The Morgan fingerprint density at radius 3 is 2.19 bits per heavy atom. The van der Waals surface area contributed by atoms with Gasteiger partial charge in [0.25, 0.3) is 0 Å². The molecule has 0 saturated carbocycles.